The van der Waals surface area contributed by atoms with Gasteiger partial charge in [0.2, 0.25) is 0 Å². The van der Waals surface area contributed by atoms with Gasteiger partial charge in [-0.05, 0) is 24.3 Å². The van der Waals surface area contributed by atoms with Crippen LogP contribution >= 0.6 is 11.6 Å². The molecule has 106 valence electrons. The van der Waals surface area contributed by atoms with E-state index in [0.717, 1.165) is 6.07 Å². The summed E-state index contributed by atoms with van der Waals surface area (Å²) < 4.78 is 25.7. The summed E-state index contributed by atoms with van der Waals surface area (Å²) in [6.07, 6.45) is 3.22. The van der Waals surface area contributed by atoms with Gasteiger partial charge in [0.05, 0.1) is 27.8 Å². The first kappa shape index (κ1) is 14.5. The van der Waals surface area contributed by atoms with E-state index in [2.05, 4.69) is 5.10 Å². The molecule has 1 heterocycles. The highest BCUT2D eigenvalue weighted by Gasteiger charge is 2.18. The van der Waals surface area contributed by atoms with Gasteiger partial charge in [-0.3, -0.25) is 4.68 Å². The predicted molar refractivity (Wildman–Crippen MR) is 72.7 cm³/mol. The number of sulfone groups is 1. The van der Waals surface area contributed by atoms with Crippen molar-refractivity contribution >= 4 is 27.4 Å². The van der Waals surface area contributed by atoms with Crippen molar-refractivity contribution in [1.82, 2.24) is 9.78 Å². The van der Waals surface area contributed by atoms with Crippen LogP contribution in [0.4, 0.5) is 0 Å². The molecule has 0 amide bonds. The van der Waals surface area contributed by atoms with E-state index in [1.54, 1.807) is 18.5 Å². The van der Waals surface area contributed by atoms with E-state index < -0.39 is 15.8 Å². The second-order valence-electron chi connectivity index (χ2n) is 4.03. The van der Waals surface area contributed by atoms with Crippen LogP contribution in [0.15, 0.2) is 41.6 Å². The van der Waals surface area contributed by atoms with Gasteiger partial charge in [-0.25, -0.2) is 13.2 Å². The molecule has 6 nitrogen and oxygen atoms in total. The number of aryl methyl sites for hydroxylation is 1. The summed E-state index contributed by atoms with van der Waals surface area (Å²) in [7, 11) is -3.54. The van der Waals surface area contributed by atoms with E-state index in [9.17, 15) is 13.2 Å². The van der Waals surface area contributed by atoms with Crippen LogP contribution in [-0.2, 0) is 16.4 Å². The highest BCUT2D eigenvalue weighted by atomic mass is 35.5. The molecule has 0 saturated carbocycles. The first-order chi connectivity index (χ1) is 9.40. The van der Waals surface area contributed by atoms with Crippen LogP contribution in [0, 0.1) is 0 Å². The smallest absolute Gasteiger partial charge is 0.337 e. The van der Waals surface area contributed by atoms with Gasteiger partial charge in [0, 0.05) is 12.4 Å². The highest BCUT2D eigenvalue weighted by Crippen LogP contribution is 2.21. The Morgan fingerprint density at radius 2 is 2.15 bits per heavy atom. The first-order valence-electron chi connectivity index (χ1n) is 5.63. The number of nitrogens with zero attached hydrogens (tertiary/aromatic N) is 2. The minimum atomic E-state index is -3.54. The zero-order valence-corrected chi connectivity index (χ0v) is 11.8. The molecule has 8 heteroatoms. The minimum Gasteiger partial charge on any atom is -0.478 e. The van der Waals surface area contributed by atoms with Crippen LogP contribution in [0.2, 0.25) is 5.02 Å². The maximum Gasteiger partial charge on any atom is 0.337 e. The average molecular weight is 315 g/mol. The average Bonchev–Trinajstić information content (AvgIpc) is 2.89. The third-order valence-corrected chi connectivity index (χ3v) is 4.68. The van der Waals surface area contributed by atoms with Gasteiger partial charge in [-0.15, -0.1) is 0 Å². The molecule has 0 fully saturated rings. The van der Waals surface area contributed by atoms with Gasteiger partial charge in [-0.1, -0.05) is 11.6 Å². The second-order valence-corrected chi connectivity index (χ2v) is 6.55. The Kier molecular flexibility index (Phi) is 4.10. The Hall–Kier alpha value is -1.86. The molecule has 0 radical (unpaired) electrons. The summed E-state index contributed by atoms with van der Waals surface area (Å²) in [4.78, 5) is 10.8. The lowest BCUT2D eigenvalue weighted by molar-refractivity contribution is 0.0697. The largest absolute Gasteiger partial charge is 0.478 e. The molecule has 0 aliphatic rings. The summed E-state index contributed by atoms with van der Waals surface area (Å²) >= 11 is 5.77. The lowest BCUT2D eigenvalue weighted by Crippen LogP contribution is -2.14. The van der Waals surface area contributed by atoms with Crippen LogP contribution in [0.3, 0.4) is 0 Å². The predicted octanol–water partition coefficient (Wildman–Crippen LogP) is 1.71. The molecule has 0 aliphatic heterocycles. The number of carboxylic acids is 1. The fraction of sp³-hybridized carbons (Fsp3) is 0.167. The summed E-state index contributed by atoms with van der Waals surface area (Å²) in [5, 5.41) is 12.7. The van der Waals surface area contributed by atoms with Crippen LogP contribution in [-0.4, -0.2) is 35.0 Å². The van der Waals surface area contributed by atoms with Crippen LogP contribution in [0.1, 0.15) is 10.4 Å². The van der Waals surface area contributed by atoms with Crippen LogP contribution < -0.4 is 0 Å². The van der Waals surface area contributed by atoms with E-state index in [4.69, 9.17) is 16.7 Å². The number of aromatic carboxylic acids is 1. The van der Waals surface area contributed by atoms with E-state index in [1.807, 2.05) is 0 Å². The summed E-state index contributed by atoms with van der Waals surface area (Å²) in [6, 6.07) is 5.29. The van der Waals surface area contributed by atoms with Gasteiger partial charge in [-0.2, -0.15) is 5.10 Å². The fourth-order valence-corrected chi connectivity index (χ4v) is 3.19. The van der Waals surface area contributed by atoms with Crippen molar-refractivity contribution in [3.63, 3.8) is 0 Å². The number of hydrogen-bond donors (Lipinski definition) is 1. The Morgan fingerprint density at radius 1 is 1.40 bits per heavy atom. The second kappa shape index (κ2) is 5.64. The molecule has 0 saturated heterocycles. The zero-order valence-electron chi connectivity index (χ0n) is 10.2. The van der Waals surface area contributed by atoms with Crippen molar-refractivity contribution in [2.45, 2.75) is 11.4 Å². The Morgan fingerprint density at radius 3 is 2.70 bits per heavy atom. The molecule has 2 aromatic rings. The van der Waals surface area contributed by atoms with Gasteiger partial charge in [0.25, 0.3) is 0 Å². The first-order valence-corrected chi connectivity index (χ1v) is 7.66. The van der Waals surface area contributed by atoms with Crippen molar-refractivity contribution in [2.75, 3.05) is 5.75 Å². The van der Waals surface area contributed by atoms with Gasteiger partial charge < -0.3 is 5.11 Å². The Balaban J connectivity index is 2.21. The van der Waals surface area contributed by atoms with Gasteiger partial charge >= 0.3 is 5.97 Å². The quantitative estimate of drug-likeness (QED) is 0.907. The van der Waals surface area contributed by atoms with E-state index >= 15 is 0 Å². The van der Waals surface area contributed by atoms with Crippen molar-refractivity contribution in [3.8, 4) is 0 Å². The number of benzene rings is 1. The third kappa shape index (κ3) is 3.17. The normalized spacial score (nSPS) is 11.4. The number of hydrogen-bond acceptors (Lipinski definition) is 4. The molecule has 0 bridgehead atoms. The number of carbonyl (C=O) groups is 1. The van der Waals surface area contributed by atoms with E-state index in [-0.39, 0.29) is 27.8 Å². The van der Waals surface area contributed by atoms with Crippen molar-refractivity contribution < 1.29 is 18.3 Å². The molecule has 0 spiro atoms. The number of halogens is 1. The zero-order chi connectivity index (χ0) is 14.8. The molecule has 1 aromatic heterocycles. The van der Waals surface area contributed by atoms with E-state index in [1.165, 1.54) is 16.8 Å². The number of carboxylic acid groups (broad SMARTS) is 1. The summed E-state index contributed by atoms with van der Waals surface area (Å²) in [6.45, 7) is 0.216. The summed E-state index contributed by atoms with van der Waals surface area (Å²) in [5.74, 6) is -1.34. The Labute approximate surface area is 120 Å². The SMILES string of the molecule is O=C(O)c1ccc(S(=O)(=O)CCn2cccn2)cc1Cl. The molecule has 1 aromatic carbocycles. The fourth-order valence-electron chi connectivity index (χ4n) is 1.63. The molecule has 0 unspecified atom stereocenters. The molecule has 2 rings (SSSR count). The van der Waals surface area contributed by atoms with Crippen molar-refractivity contribution in [1.29, 1.82) is 0 Å². The van der Waals surface area contributed by atoms with Crippen LogP contribution in [0.5, 0.6) is 0 Å². The van der Waals surface area contributed by atoms with E-state index in [0.29, 0.717) is 0 Å². The molecular formula is C12H11ClN2O4S. The van der Waals surface area contributed by atoms with Crippen molar-refractivity contribution in [3.05, 3.63) is 47.2 Å². The standard InChI is InChI=1S/C12H11ClN2O4S/c13-11-8-9(2-3-10(11)12(16)17)20(18,19)7-6-15-5-1-4-14-15/h1-5,8H,6-7H2,(H,16,17). The molecule has 0 aliphatic carbocycles. The lowest BCUT2D eigenvalue weighted by Gasteiger charge is -2.06. The van der Waals surface area contributed by atoms with Gasteiger partial charge in [0.1, 0.15) is 0 Å². The van der Waals surface area contributed by atoms with Crippen molar-refractivity contribution in [2.24, 2.45) is 0 Å². The molecule has 20 heavy (non-hydrogen) atoms. The summed E-state index contributed by atoms with van der Waals surface area (Å²) in [5.41, 5.74) is -0.127. The highest BCUT2D eigenvalue weighted by molar-refractivity contribution is 7.91. The number of aromatic nitrogens is 2. The van der Waals surface area contributed by atoms with Crippen LogP contribution in [0.25, 0.3) is 0 Å². The lowest BCUT2D eigenvalue weighted by atomic mass is 10.2. The molecule has 0 atom stereocenters. The van der Waals surface area contributed by atoms with Gasteiger partial charge in [0.15, 0.2) is 9.84 Å². The molecular weight excluding hydrogens is 304 g/mol. The third-order valence-electron chi connectivity index (χ3n) is 2.68. The minimum absolute atomic E-state index is 0.000318. The topological polar surface area (TPSA) is 89.3 Å². The molecule has 1 N–H and O–H groups in total. The monoisotopic (exact) mass is 314 g/mol. The maximum absolute atomic E-state index is 12.1. The Bertz CT molecular complexity index is 726. The number of rotatable bonds is 5. The maximum atomic E-state index is 12.1.